The first kappa shape index (κ1) is 19.0. The van der Waals surface area contributed by atoms with Crippen LogP contribution in [0.1, 0.15) is 28.8 Å². The topological polar surface area (TPSA) is 64.4 Å². The highest BCUT2D eigenvalue weighted by molar-refractivity contribution is 6.29. The van der Waals surface area contributed by atoms with E-state index in [1.807, 2.05) is 61.5 Å². The Balaban J connectivity index is 1.42. The second-order valence-electron chi connectivity index (χ2n) is 6.22. The van der Waals surface area contributed by atoms with Crippen molar-refractivity contribution < 1.29 is 14.1 Å². The molecule has 0 atom stereocenters. The third kappa shape index (κ3) is 5.59. The minimum atomic E-state index is -0.0387. The maximum atomic E-state index is 12.0. The Hall–Kier alpha value is -2.79. The van der Waals surface area contributed by atoms with E-state index in [-0.39, 0.29) is 11.1 Å². The van der Waals surface area contributed by atoms with E-state index >= 15 is 0 Å². The maximum Gasteiger partial charge on any atom is 0.229 e. The van der Waals surface area contributed by atoms with Crippen LogP contribution >= 0.6 is 11.6 Å². The molecule has 1 aromatic heterocycles. The fourth-order valence-electron chi connectivity index (χ4n) is 2.60. The summed E-state index contributed by atoms with van der Waals surface area (Å²) >= 11 is 5.91. The van der Waals surface area contributed by atoms with Crippen molar-refractivity contribution in [3.05, 3.63) is 82.2 Å². The van der Waals surface area contributed by atoms with E-state index in [9.17, 15) is 4.79 Å². The average molecular weight is 385 g/mol. The number of para-hydroxylation sites is 1. The number of aromatic nitrogens is 1. The van der Waals surface area contributed by atoms with Gasteiger partial charge in [-0.3, -0.25) is 4.79 Å². The smallest absolute Gasteiger partial charge is 0.229 e. The summed E-state index contributed by atoms with van der Waals surface area (Å²) in [5, 5.41) is 6.95. The quantitative estimate of drug-likeness (QED) is 0.622. The van der Waals surface area contributed by atoms with Gasteiger partial charge in [0.1, 0.15) is 12.4 Å². The number of benzene rings is 2. The Labute approximate surface area is 163 Å². The van der Waals surface area contributed by atoms with E-state index in [0.29, 0.717) is 26.0 Å². The molecule has 0 fully saturated rings. The summed E-state index contributed by atoms with van der Waals surface area (Å²) < 4.78 is 10.6. The monoisotopic (exact) mass is 384 g/mol. The highest BCUT2D eigenvalue weighted by Crippen LogP contribution is 2.20. The maximum absolute atomic E-state index is 12.0. The number of aryl methyl sites for hydroxylation is 1. The molecule has 1 N–H and O–H groups in total. The fourth-order valence-corrected chi connectivity index (χ4v) is 2.87. The van der Waals surface area contributed by atoms with Crippen LogP contribution in [0.4, 0.5) is 0 Å². The van der Waals surface area contributed by atoms with Crippen LogP contribution in [0.2, 0.25) is 5.22 Å². The summed E-state index contributed by atoms with van der Waals surface area (Å²) in [6.45, 7) is 2.80. The standard InChI is InChI=1S/C21H21ClN2O3/c1-15-19(21(22)27-24-15)11-12-20(25)23-13-16-7-9-17(10-8-16)14-26-18-5-3-2-4-6-18/h2-10H,11-14H2,1H3,(H,23,25). The molecule has 5 nitrogen and oxygen atoms in total. The van der Waals surface area contributed by atoms with Gasteiger partial charge in [0, 0.05) is 18.5 Å². The number of ether oxygens (including phenoxy) is 1. The molecule has 1 heterocycles. The number of carbonyl (C=O) groups is 1. The minimum Gasteiger partial charge on any atom is -0.489 e. The largest absolute Gasteiger partial charge is 0.489 e. The zero-order valence-corrected chi connectivity index (χ0v) is 15.8. The minimum absolute atomic E-state index is 0.0387. The van der Waals surface area contributed by atoms with Gasteiger partial charge >= 0.3 is 0 Å². The molecule has 27 heavy (non-hydrogen) atoms. The van der Waals surface area contributed by atoms with E-state index < -0.39 is 0 Å². The van der Waals surface area contributed by atoms with Crippen molar-refractivity contribution >= 4 is 17.5 Å². The zero-order valence-electron chi connectivity index (χ0n) is 15.1. The van der Waals surface area contributed by atoms with E-state index in [1.54, 1.807) is 0 Å². The lowest BCUT2D eigenvalue weighted by molar-refractivity contribution is -0.121. The fraction of sp³-hybridized carbons (Fsp3) is 0.238. The van der Waals surface area contributed by atoms with Crippen LogP contribution < -0.4 is 10.1 Å². The summed E-state index contributed by atoms with van der Waals surface area (Å²) in [7, 11) is 0. The average Bonchev–Trinajstić information content (AvgIpc) is 3.02. The molecular formula is C21H21ClN2O3. The van der Waals surface area contributed by atoms with Crippen molar-refractivity contribution in [2.24, 2.45) is 0 Å². The Morgan fingerprint density at radius 2 is 1.81 bits per heavy atom. The normalized spacial score (nSPS) is 10.6. The van der Waals surface area contributed by atoms with Crippen LogP contribution in [0.15, 0.2) is 59.1 Å². The van der Waals surface area contributed by atoms with Crippen LogP contribution in [0.5, 0.6) is 5.75 Å². The van der Waals surface area contributed by atoms with Gasteiger partial charge in [-0.1, -0.05) is 47.6 Å². The SMILES string of the molecule is Cc1noc(Cl)c1CCC(=O)NCc1ccc(COc2ccccc2)cc1. The predicted octanol–water partition coefficient (Wildman–Crippen LogP) is 4.46. The predicted molar refractivity (Wildman–Crippen MR) is 104 cm³/mol. The molecule has 0 bridgehead atoms. The second kappa shape index (κ2) is 9.24. The Kier molecular flexibility index (Phi) is 6.49. The first-order valence-corrected chi connectivity index (χ1v) is 9.12. The number of nitrogens with zero attached hydrogens (tertiary/aromatic N) is 1. The molecule has 140 valence electrons. The van der Waals surface area contributed by atoms with Crippen molar-refractivity contribution in [2.75, 3.05) is 0 Å². The lowest BCUT2D eigenvalue weighted by Crippen LogP contribution is -2.23. The third-order valence-corrected chi connectivity index (χ3v) is 4.50. The number of halogens is 1. The number of nitrogens with one attached hydrogen (secondary N) is 1. The molecule has 0 aliphatic heterocycles. The molecule has 0 saturated heterocycles. The second-order valence-corrected chi connectivity index (χ2v) is 6.56. The molecule has 0 radical (unpaired) electrons. The summed E-state index contributed by atoms with van der Waals surface area (Å²) in [6.07, 6.45) is 0.848. The highest BCUT2D eigenvalue weighted by atomic mass is 35.5. The van der Waals surface area contributed by atoms with Crippen molar-refractivity contribution in [3.63, 3.8) is 0 Å². The van der Waals surface area contributed by atoms with Gasteiger partial charge in [-0.05, 0) is 48.2 Å². The lowest BCUT2D eigenvalue weighted by Gasteiger charge is -2.08. The van der Waals surface area contributed by atoms with Gasteiger partial charge in [-0.25, -0.2) is 0 Å². The molecule has 1 amide bonds. The molecule has 0 unspecified atom stereocenters. The van der Waals surface area contributed by atoms with Gasteiger partial charge in [-0.2, -0.15) is 0 Å². The Morgan fingerprint density at radius 3 is 2.48 bits per heavy atom. The van der Waals surface area contributed by atoms with E-state index in [0.717, 1.165) is 28.1 Å². The number of carbonyl (C=O) groups excluding carboxylic acids is 1. The summed E-state index contributed by atoms with van der Waals surface area (Å²) in [5.41, 5.74) is 3.62. The molecule has 3 rings (SSSR count). The molecule has 0 aliphatic carbocycles. The Bertz CT molecular complexity index is 857. The van der Waals surface area contributed by atoms with E-state index in [2.05, 4.69) is 10.5 Å². The number of hydrogen-bond acceptors (Lipinski definition) is 4. The first-order valence-electron chi connectivity index (χ1n) is 8.75. The highest BCUT2D eigenvalue weighted by Gasteiger charge is 2.12. The number of rotatable bonds is 8. The van der Waals surface area contributed by atoms with Crippen LogP contribution in [0.3, 0.4) is 0 Å². The first-order chi connectivity index (χ1) is 13.1. The molecule has 3 aromatic rings. The summed E-state index contributed by atoms with van der Waals surface area (Å²) in [4.78, 5) is 12.0. The number of amides is 1. The summed E-state index contributed by atoms with van der Waals surface area (Å²) in [5.74, 6) is 0.806. The molecular weight excluding hydrogens is 364 g/mol. The van der Waals surface area contributed by atoms with Crippen molar-refractivity contribution in [1.82, 2.24) is 10.5 Å². The molecule has 0 aliphatic rings. The van der Waals surface area contributed by atoms with Gasteiger partial charge in [0.2, 0.25) is 11.1 Å². The Morgan fingerprint density at radius 1 is 1.11 bits per heavy atom. The van der Waals surface area contributed by atoms with Gasteiger partial charge in [-0.15, -0.1) is 0 Å². The van der Waals surface area contributed by atoms with Crippen LogP contribution in [-0.2, 0) is 24.4 Å². The van der Waals surface area contributed by atoms with Crippen LogP contribution in [-0.4, -0.2) is 11.1 Å². The van der Waals surface area contributed by atoms with Crippen molar-refractivity contribution in [1.29, 1.82) is 0 Å². The van der Waals surface area contributed by atoms with Crippen molar-refractivity contribution in [2.45, 2.75) is 32.9 Å². The van der Waals surface area contributed by atoms with Crippen LogP contribution in [0, 0.1) is 6.92 Å². The van der Waals surface area contributed by atoms with E-state index in [1.165, 1.54) is 0 Å². The van der Waals surface area contributed by atoms with Gasteiger partial charge < -0.3 is 14.6 Å². The molecule has 6 heteroatoms. The van der Waals surface area contributed by atoms with E-state index in [4.69, 9.17) is 20.9 Å². The molecule has 0 spiro atoms. The van der Waals surface area contributed by atoms with Gasteiger partial charge in [0.15, 0.2) is 0 Å². The zero-order chi connectivity index (χ0) is 19.1. The lowest BCUT2D eigenvalue weighted by atomic mass is 10.1. The molecule has 0 saturated carbocycles. The van der Waals surface area contributed by atoms with Gasteiger partial charge in [0.25, 0.3) is 0 Å². The van der Waals surface area contributed by atoms with Crippen LogP contribution in [0.25, 0.3) is 0 Å². The molecule has 2 aromatic carbocycles. The van der Waals surface area contributed by atoms with Gasteiger partial charge in [0.05, 0.1) is 5.69 Å². The third-order valence-electron chi connectivity index (χ3n) is 4.20. The summed E-state index contributed by atoms with van der Waals surface area (Å²) in [6, 6.07) is 17.7. The number of hydrogen-bond donors (Lipinski definition) is 1. The van der Waals surface area contributed by atoms with Crippen molar-refractivity contribution in [3.8, 4) is 5.75 Å².